The quantitative estimate of drug-likeness (QED) is 0.865. The van der Waals surface area contributed by atoms with Crippen LogP contribution in [0.1, 0.15) is 25.8 Å². The van der Waals surface area contributed by atoms with E-state index in [0.29, 0.717) is 5.92 Å². The molecule has 1 aromatic carbocycles. The van der Waals surface area contributed by atoms with Gasteiger partial charge < -0.3 is 10.6 Å². The molecule has 0 saturated heterocycles. The highest BCUT2D eigenvalue weighted by molar-refractivity contribution is 5.55. The van der Waals surface area contributed by atoms with Gasteiger partial charge in [-0.2, -0.15) is 0 Å². The molecule has 0 saturated carbocycles. The van der Waals surface area contributed by atoms with Gasteiger partial charge in [0.2, 0.25) is 0 Å². The van der Waals surface area contributed by atoms with Gasteiger partial charge in [0, 0.05) is 18.8 Å². The molecule has 2 N–H and O–H groups in total. The van der Waals surface area contributed by atoms with Gasteiger partial charge in [0.25, 0.3) is 0 Å². The first kappa shape index (κ1) is 12.4. The Balaban J connectivity index is 2.12. The SMILES string of the molecule is CC(CCN)CN1CC(C)Cc2ccccc21. The molecule has 0 amide bonds. The average Bonchev–Trinajstić information content (AvgIpc) is 2.29. The van der Waals surface area contributed by atoms with E-state index in [2.05, 4.69) is 43.0 Å². The van der Waals surface area contributed by atoms with Gasteiger partial charge in [-0.1, -0.05) is 32.0 Å². The summed E-state index contributed by atoms with van der Waals surface area (Å²) in [5.41, 5.74) is 8.58. The Morgan fingerprint density at radius 1 is 1.41 bits per heavy atom. The van der Waals surface area contributed by atoms with E-state index in [1.807, 2.05) is 0 Å². The molecule has 1 heterocycles. The molecule has 1 aliphatic rings. The predicted molar refractivity (Wildman–Crippen MR) is 74.4 cm³/mol. The summed E-state index contributed by atoms with van der Waals surface area (Å²) in [6, 6.07) is 8.83. The second-order valence-corrected chi connectivity index (χ2v) is 5.53. The average molecular weight is 232 g/mol. The Kier molecular flexibility index (Phi) is 4.06. The molecule has 2 unspecified atom stereocenters. The van der Waals surface area contributed by atoms with Crippen molar-refractivity contribution in [2.45, 2.75) is 26.7 Å². The number of benzene rings is 1. The summed E-state index contributed by atoms with van der Waals surface area (Å²) >= 11 is 0. The van der Waals surface area contributed by atoms with Crippen molar-refractivity contribution in [1.82, 2.24) is 0 Å². The summed E-state index contributed by atoms with van der Waals surface area (Å²) in [7, 11) is 0. The summed E-state index contributed by atoms with van der Waals surface area (Å²) in [5.74, 6) is 1.44. The lowest BCUT2D eigenvalue weighted by molar-refractivity contribution is 0.471. The zero-order valence-electron chi connectivity index (χ0n) is 11.0. The predicted octanol–water partition coefficient (Wildman–Crippen LogP) is 2.67. The van der Waals surface area contributed by atoms with Crippen molar-refractivity contribution >= 4 is 5.69 Å². The van der Waals surface area contributed by atoms with Crippen LogP contribution in [-0.4, -0.2) is 19.6 Å². The maximum Gasteiger partial charge on any atom is 0.0399 e. The van der Waals surface area contributed by atoms with E-state index in [-0.39, 0.29) is 0 Å². The Bertz CT molecular complexity index is 362. The molecule has 17 heavy (non-hydrogen) atoms. The van der Waals surface area contributed by atoms with Crippen LogP contribution in [0.2, 0.25) is 0 Å². The topological polar surface area (TPSA) is 29.3 Å². The molecule has 94 valence electrons. The minimum absolute atomic E-state index is 0.679. The van der Waals surface area contributed by atoms with Crippen LogP contribution in [0.5, 0.6) is 0 Å². The molecule has 0 aliphatic carbocycles. The molecule has 0 aromatic heterocycles. The van der Waals surface area contributed by atoms with Crippen LogP contribution in [0.15, 0.2) is 24.3 Å². The summed E-state index contributed by atoms with van der Waals surface area (Å²) in [5, 5.41) is 0. The van der Waals surface area contributed by atoms with Gasteiger partial charge in [-0.3, -0.25) is 0 Å². The Hall–Kier alpha value is -1.02. The number of fused-ring (bicyclic) bond motifs is 1. The number of rotatable bonds is 4. The number of para-hydroxylation sites is 1. The van der Waals surface area contributed by atoms with Gasteiger partial charge in [-0.05, 0) is 42.9 Å². The number of hydrogen-bond acceptors (Lipinski definition) is 2. The lowest BCUT2D eigenvalue weighted by atomic mass is 9.93. The van der Waals surface area contributed by atoms with E-state index in [1.165, 1.54) is 24.2 Å². The molecule has 0 spiro atoms. The van der Waals surface area contributed by atoms with Crippen LogP contribution in [-0.2, 0) is 6.42 Å². The molecular weight excluding hydrogens is 208 g/mol. The first-order valence-corrected chi connectivity index (χ1v) is 6.73. The molecular formula is C15H24N2. The molecule has 2 rings (SSSR count). The molecule has 0 fully saturated rings. The number of anilines is 1. The van der Waals surface area contributed by atoms with Gasteiger partial charge in [-0.25, -0.2) is 0 Å². The monoisotopic (exact) mass is 232 g/mol. The van der Waals surface area contributed by atoms with Gasteiger partial charge >= 0.3 is 0 Å². The van der Waals surface area contributed by atoms with E-state index < -0.39 is 0 Å². The maximum atomic E-state index is 5.64. The zero-order chi connectivity index (χ0) is 12.3. The van der Waals surface area contributed by atoms with Gasteiger partial charge in [0.15, 0.2) is 0 Å². The van der Waals surface area contributed by atoms with Crippen molar-refractivity contribution in [2.75, 3.05) is 24.5 Å². The third-order valence-electron chi connectivity index (χ3n) is 3.62. The minimum atomic E-state index is 0.679. The summed E-state index contributed by atoms with van der Waals surface area (Å²) in [6.45, 7) is 7.77. The summed E-state index contributed by atoms with van der Waals surface area (Å²) in [4.78, 5) is 2.55. The van der Waals surface area contributed by atoms with Crippen LogP contribution < -0.4 is 10.6 Å². The largest absolute Gasteiger partial charge is 0.371 e. The summed E-state index contributed by atoms with van der Waals surface area (Å²) in [6.07, 6.45) is 2.34. The van der Waals surface area contributed by atoms with Crippen molar-refractivity contribution in [2.24, 2.45) is 17.6 Å². The highest BCUT2D eigenvalue weighted by Crippen LogP contribution is 2.30. The van der Waals surface area contributed by atoms with Gasteiger partial charge in [0.1, 0.15) is 0 Å². The molecule has 1 aromatic rings. The second kappa shape index (κ2) is 5.54. The van der Waals surface area contributed by atoms with Crippen LogP contribution in [0.25, 0.3) is 0 Å². The third-order valence-corrected chi connectivity index (χ3v) is 3.62. The fraction of sp³-hybridized carbons (Fsp3) is 0.600. The maximum absolute atomic E-state index is 5.64. The number of nitrogens with two attached hydrogens (primary N) is 1. The number of nitrogens with zero attached hydrogens (tertiary/aromatic N) is 1. The molecule has 0 radical (unpaired) electrons. The Morgan fingerprint density at radius 3 is 2.94 bits per heavy atom. The molecule has 2 nitrogen and oxygen atoms in total. The first-order valence-electron chi connectivity index (χ1n) is 6.73. The highest BCUT2D eigenvalue weighted by atomic mass is 15.1. The van der Waals surface area contributed by atoms with Crippen molar-refractivity contribution in [1.29, 1.82) is 0 Å². The van der Waals surface area contributed by atoms with Gasteiger partial charge in [0.05, 0.1) is 0 Å². The van der Waals surface area contributed by atoms with Crippen LogP contribution >= 0.6 is 0 Å². The number of hydrogen-bond donors (Lipinski definition) is 1. The third kappa shape index (κ3) is 3.01. The van der Waals surface area contributed by atoms with Gasteiger partial charge in [-0.15, -0.1) is 0 Å². The standard InChI is InChI=1S/C15H24N2/c1-12(7-8-16)10-17-11-13(2)9-14-5-3-4-6-15(14)17/h3-6,12-13H,7-11,16H2,1-2H3. The molecule has 1 aliphatic heterocycles. The van der Waals surface area contributed by atoms with E-state index in [1.54, 1.807) is 0 Å². The van der Waals surface area contributed by atoms with E-state index in [4.69, 9.17) is 5.73 Å². The van der Waals surface area contributed by atoms with Crippen molar-refractivity contribution < 1.29 is 0 Å². The molecule has 0 bridgehead atoms. The van der Waals surface area contributed by atoms with E-state index >= 15 is 0 Å². The van der Waals surface area contributed by atoms with Crippen LogP contribution in [0.4, 0.5) is 5.69 Å². The second-order valence-electron chi connectivity index (χ2n) is 5.53. The minimum Gasteiger partial charge on any atom is -0.371 e. The van der Waals surface area contributed by atoms with Crippen molar-refractivity contribution in [3.05, 3.63) is 29.8 Å². The van der Waals surface area contributed by atoms with Crippen molar-refractivity contribution in [3.63, 3.8) is 0 Å². The van der Waals surface area contributed by atoms with E-state index in [0.717, 1.165) is 25.4 Å². The molecule has 2 atom stereocenters. The van der Waals surface area contributed by atoms with Crippen molar-refractivity contribution in [3.8, 4) is 0 Å². The highest BCUT2D eigenvalue weighted by Gasteiger charge is 2.22. The lowest BCUT2D eigenvalue weighted by Crippen LogP contribution is -2.37. The Morgan fingerprint density at radius 2 is 2.18 bits per heavy atom. The van der Waals surface area contributed by atoms with Crippen LogP contribution in [0.3, 0.4) is 0 Å². The normalized spacial score (nSPS) is 21.1. The van der Waals surface area contributed by atoms with Crippen LogP contribution in [0, 0.1) is 11.8 Å². The first-order chi connectivity index (χ1) is 8.20. The lowest BCUT2D eigenvalue weighted by Gasteiger charge is -2.36. The fourth-order valence-corrected chi connectivity index (χ4v) is 2.83. The fourth-order valence-electron chi connectivity index (χ4n) is 2.83. The zero-order valence-corrected chi connectivity index (χ0v) is 11.0. The Labute approximate surface area is 105 Å². The smallest absolute Gasteiger partial charge is 0.0399 e. The molecule has 2 heteroatoms. The summed E-state index contributed by atoms with van der Waals surface area (Å²) < 4.78 is 0. The van der Waals surface area contributed by atoms with E-state index in [9.17, 15) is 0 Å².